The monoisotopic (exact) mass is 261 g/mol. The summed E-state index contributed by atoms with van der Waals surface area (Å²) < 4.78 is 18.1. The third-order valence-corrected chi connectivity index (χ3v) is 2.56. The first kappa shape index (κ1) is 12.9. The summed E-state index contributed by atoms with van der Waals surface area (Å²) in [5.74, 6) is -0.963. The zero-order chi connectivity index (χ0) is 13.8. The van der Waals surface area contributed by atoms with Crippen LogP contribution >= 0.6 is 0 Å². The summed E-state index contributed by atoms with van der Waals surface area (Å²) in [5, 5.41) is 11.6. The molecule has 1 amide bonds. The number of amides is 1. The minimum absolute atomic E-state index is 0.274. The van der Waals surface area contributed by atoms with Gasteiger partial charge in [-0.1, -0.05) is 0 Å². The molecule has 0 radical (unpaired) electrons. The van der Waals surface area contributed by atoms with Gasteiger partial charge in [-0.3, -0.25) is 4.79 Å². The first-order chi connectivity index (χ1) is 9.10. The van der Waals surface area contributed by atoms with Crippen LogP contribution in [0.3, 0.4) is 0 Å². The highest BCUT2D eigenvalue weighted by Crippen LogP contribution is 2.20. The molecule has 0 heterocycles. The highest BCUT2D eigenvalue weighted by Gasteiger charge is 2.08. The second-order valence-corrected chi connectivity index (χ2v) is 3.85. The van der Waals surface area contributed by atoms with Crippen molar-refractivity contribution in [2.24, 2.45) is 0 Å². The van der Waals surface area contributed by atoms with Crippen LogP contribution in [0.2, 0.25) is 0 Å². The Morgan fingerprint density at radius 3 is 2.47 bits per heavy atom. The van der Waals surface area contributed by atoms with E-state index >= 15 is 0 Å². The van der Waals surface area contributed by atoms with Crippen molar-refractivity contribution in [2.75, 3.05) is 12.4 Å². The summed E-state index contributed by atoms with van der Waals surface area (Å²) in [5.41, 5.74) is 0.699. The van der Waals surface area contributed by atoms with Crippen LogP contribution in [0.4, 0.5) is 10.1 Å². The van der Waals surface area contributed by atoms with Crippen LogP contribution in [-0.4, -0.2) is 18.1 Å². The van der Waals surface area contributed by atoms with Gasteiger partial charge in [-0.15, -0.1) is 0 Å². The van der Waals surface area contributed by atoms with E-state index in [1.807, 2.05) is 0 Å². The summed E-state index contributed by atoms with van der Waals surface area (Å²) in [6.45, 7) is 0. The molecule has 0 unspecified atom stereocenters. The van der Waals surface area contributed by atoms with Gasteiger partial charge in [-0.2, -0.15) is 0 Å². The highest BCUT2D eigenvalue weighted by molar-refractivity contribution is 6.04. The number of carbonyl (C=O) groups is 1. The first-order valence-electron chi connectivity index (χ1n) is 5.54. The molecule has 19 heavy (non-hydrogen) atoms. The minimum atomic E-state index is -0.785. The molecule has 2 N–H and O–H groups in total. The van der Waals surface area contributed by atoms with Gasteiger partial charge in [0.25, 0.3) is 5.91 Å². The minimum Gasteiger partial charge on any atom is -0.505 e. The second kappa shape index (κ2) is 5.39. The van der Waals surface area contributed by atoms with E-state index in [1.165, 1.54) is 19.2 Å². The van der Waals surface area contributed by atoms with E-state index in [1.54, 1.807) is 24.3 Å². The maximum absolute atomic E-state index is 13.1. The number of rotatable bonds is 3. The van der Waals surface area contributed by atoms with Gasteiger partial charge < -0.3 is 15.2 Å². The third kappa shape index (κ3) is 3.01. The van der Waals surface area contributed by atoms with Crippen LogP contribution < -0.4 is 10.1 Å². The molecule has 0 spiro atoms. The molecule has 98 valence electrons. The van der Waals surface area contributed by atoms with E-state index in [0.717, 1.165) is 6.07 Å². The summed E-state index contributed by atoms with van der Waals surface area (Å²) in [4.78, 5) is 11.9. The highest BCUT2D eigenvalue weighted by atomic mass is 19.1. The lowest BCUT2D eigenvalue weighted by Gasteiger charge is -2.06. The van der Waals surface area contributed by atoms with Crippen molar-refractivity contribution < 1.29 is 19.0 Å². The standard InChI is InChI=1S/C14H12FNO3/c1-19-11-5-2-9(3-6-11)14(18)16-10-4-7-13(17)12(15)8-10/h2-8,17H,1H3,(H,16,18). The normalized spacial score (nSPS) is 10.0. The molecule has 0 atom stereocenters. The summed E-state index contributed by atoms with van der Waals surface area (Å²) in [7, 11) is 1.54. The maximum Gasteiger partial charge on any atom is 0.255 e. The van der Waals surface area contributed by atoms with E-state index in [2.05, 4.69) is 5.32 Å². The lowest BCUT2D eigenvalue weighted by atomic mass is 10.2. The van der Waals surface area contributed by atoms with Crippen LogP contribution in [0.15, 0.2) is 42.5 Å². The Labute approximate surface area is 109 Å². The number of aromatic hydroxyl groups is 1. The van der Waals surface area contributed by atoms with E-state index in [0.29, 0.717) is 11.3 Å². The van der Waals surface area contributed by atoms with Gasteiger partial charge in [0.15, 0.2) is 11.6 Å². The van der Waals surface area contributed by atoms with Crippen LogP contribution in [0.25, 0.3) is 0 Å². The predicted octanol–water partition coefficient (Wildman–Crippen LogP) is 2.79. The van der Waals surface area contributed by atoms with Crippen LogP contribution in [0.5, 0.6) is 11.5 Å². The number of carbonyl (C=O) groups excluding carboxylic acids is 1. The second-order valence-electron chi connectivity index (χ2n) is 3.85. The number of hydrogen-bond acceptors (Lipinski definition) is 3. The molecular formula is C14H12FNO3. The number of halogens is 1. The Morgan fingerprint density at radius 1 is 1.21 bits per heavy atom. The van der Waals surface area contributed by atoms with Gasteiger partial charge in [0.2, 0.25) is 0 Å². The Bertz CT molecular complexity index is 596. The van der Waals surface area contributed by atoms with E-state index in [-0.39, 0.29) is 11.6 Å². The van der Waals surface area contributed by atoms with Gasteiger partial charge in [-0.05, 0) is 36.4 Å². The smallest absolute Gasteiger partial charge is 0.255 e. The van der Waals surface area contributed by atoms with Gasteiger partial charge in [-0.25, -0.2) is 4.39 Å². The average Bonchev–Trinajstić information content (AvgIpc) is 2.43. The number of benzene rings is 2. The molecule has 2 rings (SSSR count). The summed E-state index contributed by atoms with van der Waals surface area (Å²) in [6, 6.07) is 10.2. The molecule has 2 aromatic carbocycles. The topological polar surface area (TPSA) is 58.6 Å². The van der Waals surface area contributed by atoms with Gasteiger partial charge in [0.1, 0.15) is 5.75 Å². The molecule has 4 nitrogen and oxygen atoms in total. The van der Waals surface area contributed by atoms with Crippen LogP contribution in [0, 0.1) is 5.82 Å². The van der Waals surface area contributed by atoms with Crippen LogP contribution in [-0.2, 0) is 0 Å². The number of nitrogens with one attached hydrogen (secondary N) is 1. The molecular weight excluding hydrogens is 249 g/mol. The van der Waals surface area contributed by atoms with E-state index in [4.69, 9.17) is 9.84 Å². The zero-order valence-corrected chi connectivity index (χ0v) is 10.2. The third-order valence-electron chi connectivity index (χ3n) is 2.56. The SMILES string of the molecule is COc1ccc(C(=O)Nc2ccc(O)c(F)c2)cc1. The summed E-state index contributed by atoms with van der Waals surface area (Å²) >= 11 is 0. The lowest BCUT2D eigenvalue weighted by Crippen LogP contribution is -2.11. The van der Waals surface area contributed by atoms with Crippen LogP contribution in [0.1, 0.15) is 10.4 Å². The molecule has 0 aliphatic heterocycles. The van der Waals surface area contributed by atoms with Gasteiger partial charge in [0.05, 0.1) is 7.11 Å². The van der Waals surface area contributed by atoms with Crippen molar-refractivity contribution in [1.82, 2.24) is 0 Å². The average molecular weight is 261 g/mol. The fraction of sp³-hybridized carbons (Fsp3) is 0.0714. The molecule has 5 heteroatoms. The Kier molecular flexibility index (Phi) is 3.66. The zero-order valence-electron chi connectivity index (χ0n) is 10.2. The number of methoxy groups -OCH3 is 1. The fourth-order valence-corrected chi connectivity index (χ4v) is 1.53. The molecule has 0 aromatic heterocycles. The molecule has 0 aliphatic rings. The Hall–Kier alpha value is -2.56. The van der Waals surface area contributed by atoms with Gasteiger partial charge >= 0.3 is 0 Å². The number of anilines is 1. The van der Waals surface area contributed by atoms with Crippen molar-refractivity contribution in [3.8, 4) is 11.5 Å². The molecule has 2 aromatic rings. The maximum atomic E-state index is 13.1. The Morgan fingerprint density at radius 2 is 1.89 bits per heavy atom. The molecule has 0 saturated carbocycles. The number of phenols is 1. The first-order valence-corrected chi connectivity index (χ1v) is 5.54. The fourth-order valence-electron chi connectivity index (χ4n) is 1.53. The van der Waals surface area contributed by atoms with Gasteiger partial charge in [0, 0.05) is 17.3 Å². The molecule has 0 bridgehead atoms. The number of hydrogen-bond donors (Lipinski definition) is 2. The quantitative estimate of drug-likeness (QED) is 0.835. The van der Waals surface area contributed by atoms with Crippen molar-refractivity contribution in [3.05, 3.63) is 53.8 Å². The largest absolute Gasteiger partial charge is 0.505 e. The molecule has 0 aliphatic carbocycles. The summed E-state index contributed by atoms with van der Waals surface area (Å²) in [6.07, 6.45) is 0. The molecule has 0 fully saturated rings. The van der Waals surface area contributed by atoms with Crippen molar-refractivity contribution >= 4 is 11.6 Å². The lowest BCUT2D eigenvalue weighted by molar-refractivity contribution is 0.102. The van der Waals surface area contributed by atoms with Crippen molar-refractivity contribution in [1.29, 1.82) is 0 Å². The molecule has 0 saturated heterocycles. The number of phenolic OH excluding ortho intramolecular Hbond substituents is 1. The number of ether oxygens (including phenoxy) is 1. The van der Waals surface area contributed by atoms with E-state index in [9.17, 15) is 9.18 Å². The van der Waals surface area contributed by atoms with E-state index < -0.39 is 11.6 Å². The van der Waals surface area contributed by atoms with Crippen molar-refractivity contribution in [2.45, 2.75) is 0 Å². The predicted molar refractivity (Wildman–Crippen MR) is 69.0 cm³/mol. The Balaban J connectivity index is 2.13. The van der Waals surface area contributed by atoms with Crippen molar-refractivity contribution in [3.63, 3.8) is 0 Å².